The predicted molar refractivity (Wildman–Crippen MR) is 104 cm³/mol. The van der Waals surface area contributed by atoms with Crippen LogP contribution in [0, 0.1) is 12.8 Å². The molecule has 1 fully saturated rings. The number of rotatable bonds is 4. The van der Waals surface area contributed by atoms with Crippen molar-refractivity contribution in [1.29, 1.82) is 0 Å². The van der Waals surface area contributed by atoms with Gasteiger partial charge in [-0.3, -0.25) is 4.79 Å². The molecular formula is C20H27BrN2O. The van der Waals surface area contributed by atoms with Crippen molar-refractivity contribution in [3.8, 4) is 0 Å². The summed E-state index contributed by atoms with van der Waals surface area (Å²) < 4.78 is 3.22. The first kappa shape index (κ1) is 17.5. The normalized spacial score (nSPS) is 16.3. The number of carbonyl (C=O) groups excluding carboxylic acids is 1. The largest absolute Gasteiger partial charge is 0.352 e. The Bertz CT molecular complexity index is 727. The third-order valence-corrected chi connectivity index (χ3v) is 5.71. The topological polar surface area (TPSA) is 34.0 Å². The second-order valence-corrected chi connectivity index (χ2v) is 7.93. The molecule has 3 nitrogen and oxygen atoms in total. The molecule has 2 aromatic rings. The summed E-state index contributed by atoms with van der Waals surface area (Å²) in [5, 5.41) is 4.29. The molecule has 0 aliphatic heterocycles. The zero-order valence-electron chi connectivity index (χ0n) is 14.7. The number of benzene rings is 1. The Hall–Kier alpha value is -1.29. The second kappa shape index (κ2) is 7.73. The van der Waals surface area contributed by atoms with Crippen LogP contribution in [0.5, 0.6) is 0 Å². The number of aryl methyl sites for hydroxylation is 2. The number of halogens is 1. The summed E-state index contributed by atoms with van der Waals surface area (Å²) in [6.45, 7) is 5.87. The number of carbonyl (C=O) groups is 1. The van der Waals surface area contributed by atoms with Gasteiger partial charge in [-0.1, -0.05) is 41.6 Å². The van der Waals surface area contributed by atoms with Gasteiger partial charge in [0.05, 0.1) is 11.1 Å². The monoisotopic (exact) mass is 390 g/mol. The van der Waals surface area contributed by atoms with Crippen LogP contribution in [0.4, 0.5) is 0 Å². The van der Waals surface area contributed by atoms with Crippen molar-refractivity contribution in [3.05, 3.63) is 33.9 Å². The Morgan fingerprint density at radius 2 is 1.96 bits per heavy atom. The van der Waals surface area contributed by atoms with E-state index in [-0.39, 0.29) is 5.91 Å². The van der Waals surface area contributed by atoms with Gasteiger partial charge < -0.3 is 9.88 Å². The van der Waals surface area contributed by atoms with E-state index in [1.54, 1.807) is 0 Å². The molecule has 0 spiro atoms. The van der Waals surface area contributed by atoms with Crippen LogP contribution in [0.15, 0.2) is 22.8 Å². The summed E-state index contributed by atoms with van der Waals surface area (Å²) in [5.74, 6) is 0.716. The molecule has 3 rings (SSSR count). The average molecular weight is 391 g/mol. The van der Waals surface area contributed by atoms with E-state index >= 15 is 0 Å². The van der Waals surface area contributed by atoms with Crippen LogP contribution in [-0.4, -0.2) is 17.0 Å². The quantitative estimate of drug-likeness (QED) is 0.693. The standard InChI is InChI=1S/C20H27BrN2O/c1-3-23-13-17(19-14(2)10-16(21)11-18(19)23)20(24)22-12-15-8-6-4-5-7-9-15/h10-11,13,15H,3-9,12H2,1-2H3,(H,22,24). The van der Waals surface area contributed by atoms with Crippen LogP contribution in [-0.2, 0) is 6.54 Å². The molecular weight excluding hydrogens is 364 g/mol. The fourth-order valence-electron chi connectivity index (χ4n) is 3.93. The van der Waals surface area contributed by atoms with Gasteiger partial charge in [-0.05, 0) is 50.3 Å². The zero-order chi connectivity index (χ0) is 17.1. The Morgan fingerprint density at radius 3 is 2.62 bits per heavy atom. The van der Waals surface area contributed by atoms with Crippen molar-refractivity contribution < 1.29 is 4.79 Å². The highest BCUT2D eigenvalue weighted by Crippen LogP contribution is 2.29. The lowest BCUT2D eigenvalue weighted by Crippen LogP contribution is -2.29. The smallest absolute Gasteiger partial charge is 0.253 e. The van der Waals surface area contributed by atoms with Gasteiger partial charge >= 0.3 is 0 Å². The summed E-state index contributed by atoms with van der Waals surface area (Å²) in [7, 11) is 0. The summed E-state index contributed by atoms with van der Waals surface area (Å²) in [6.07, 6.45) is 9.83. The molecule has 24 heavy (non-hydrogen) atoms. The van der Waals surface area contributed by atoms with Crippen LogP contribution < -0.4 is 5.32 Å². The first-order valence-electron chi connectivity index (χ1n) is 9.17. The van der Waals surface area contributed by atoms with E-state index < -0.39 is 0 Å². The van der Waals surface area contributed by atoms with E-state index in [0.717, 1.165) is 39.6 Å². The van der Waals surface area contributed by atoms with Crippen molar-refractivity contribution in [3.63, 3.8) is 0 Å². The highest BCUT2D eigenvalue weighted by atomic mass is 79.9. The lowest BCUT2D eigenvalue weighted by Gasteiger charge is -2.14. The lowest BCUT2D eigenvalue weighted by molar-refractivity contribution is 0.0947. The third kappa shape index (κ3) is 3.69. The Balaban J connectivity index is 1.81. The fraction of sp³-hybridized carbons (Fsp3) is 0.550. The van der Waals surface area contributed by atoms with Gasteiger partial charge in [0.15, 0.2) is 0 Å². The summed E-state index contributed by atoms with van der Waals surface area (Å²) in [4.78, 5) is 12.8. The van der Waals surface area contributed by atoms with Crippen molar-refractivity contribution in [2.45, 2.75) is 58.9 Å². The molecule has 4 heteroatoms. The highest BCUT2D eigenvalue weighted by molar-refractivity contribution is 9.10. The zero-order valence-corrected chi connectivity index (χ0v) is 16.3. The van der Waals surface area contributed by atoms with Gasteiger partial charge in [-0.15, -0.1) is 0 Å². The summed E-state index contributed by atoms with van der Waals surface area (Å²) in [6, 6.07) is 4.19. The Morgan fingerprint density at radius 1 is 1.25 bits per heavy atom. The molecule has 0 radical (unpaired) electrons. The molecule has 1 aromatic heterocycles. The number of hydrogen-bond acceptors (Lipinski definition) is 1. The Labute approximate surface area is 152 Å². The molecule has 1 heterocycles. The van der Waals surface area contributed by atoms with E-state index in [2.05, 4.69) is 51.8 Å². The SMILES string of the molecule is CCn1cc(C(=O)NCC2CCCCCC2)c2c(C)cc(Br)cc21. The number of nitrogens with one attached hydrogen (secondary N) is 1. The van der Waals surface area contributed by atoms with Crippen LogP contribution in [0.25, 0.3) is 10.9 Å². The average Bonchev–Trinajstić information content (AvgIpc) is 2.74. The first-order valence-corrected chi connectivity index (χ1v) is 9.96. The van der Waals surface area contributed by atoms with E-state index in [1.807, 2.05) is 6.20 Å². The summed E-state index contributed by atoms with van der Waals surface area (Å²) >= 11 is 3.57. The minimum Gasteiger partial charge on any atom is -0.352 e. The van der Waals surface area contributed by atoms with Gasteiger partial charge in [-0.25, -0.2) is 0 Å². The number of nitrogens with zero attached hydrogens (tertiary/aromatic N) is 1. The lowest BCUT2D eigenvalue weighted by atomic mass is 10.00. The first-order chi connectivity index (χ1) is 11.6. The van der Waals surface area contributed by atoms with Crippen molar-refractivity contribution in [2.24, 2.45) is 5.92 Å². The van der Waals surface area contributed by atoms with E-state index in [9.17, 15) is 4.79 Å². The van der Waals surface area contributed by atoms with Crippen molar-refractivity contribution in [2.75, 3.05) is 6.54 Å². The fourth-order valence-corrected chi connectivity index (χ4v) is 4.49. The second-order valence-electron chi connectivity index (χ2n) is 7.01. The molecule has 0 saturated heterocycles. The van der Waals surface area contributed by atoms with Gasteiger partial charge in [-0.2, -0.15) is 0 Å². The number of amides is 1. The van der Waals surface area contributed by atoms with Gasteiger partial charge in [0.25, 0.3) is 5.91 Å². The molecule has 1 saturated carbocycles. The molecule has 1 N–H and O–H groups in total. The van der Waals surface area contributed by atoms with Gasteiger partial charge in [0.2, 0.25) is 0 Å². The van der Waals surface area contributed by atoms with Gasteiger partial charge in [0, 0.05) is 29.1 Å². The predicted octanol–water partition coefficient (Wildman–Crippen LogP) is 5.43. The molecule has 0 unspecified atom stereocenters. The number of aromatic nitrogens is 1. The molecule has 1 aliphatic rings. The third-order valence-electron chi connectivity index (χ3n) is 5.25. The molecule has 1 aliphatic carbocycles. The molecule has 130 valence electrons. The highest BCUT2D eigenvalue weighted by Gasteiger charge is 2.19. The maximum absolute atomic E-state index is 12.8. The number of fused-ring (bicyclic) bond motifs is 1. The van der Waals surface area contributed by atoms with E-state index in [4.69, 9.17) is 0 Å². The van der Waals surface area contributed by atoms with Crippen LogP contribution in [0.3, 0.4) is 0 Å². The number of hydrogen-bond donors (Lipinski definition) is 1. The maximum atomic E-state index is 12.8. The molecule has 1 amide bonds. The van der Waals surface area contributed by atoms with Crippen LogP contribution in [0.1, 0.15) is 61.4 Å². The van der Waals surface area contributed by atoms with Crippen LogP contribution in [0.2, 0.25) is 0 Å². The van der Waals surface area contributed by atoms with Gasteiger partial charge in [0.1, 0.15) is 0 Å². The maximum Gasteiger partial charge on any atom is 0.253 e. The minimum absolute atomic E-state index is 0.0712. The van der Waals surface area contributed by atoms with Crippen molar-refractivity contribution in [1.82, 2.24) is 9.88 Å². The summed E-state index contributed by atoms with van der Waals surface area (Å²) in [5.41, 5.74) is 3.08. The van der Waals surface area contributed by atoms with E-state index in [1.165, 1.54) is 38.5 Å². The molecule has 1 aromatic carbocycles. The molecule has 0 bridgehead atoms. The van der Waals surface area contributed by atoms with Crippen molar-refractivity contribution >= 4 is 32.7 Å². The van der Waals surface area contributed by atoms with Crippen LogP contribution >= 0.6 is 15.9 Å². The Kier molecular flexibility index (Phi) is 5.65. The molecule has 0 atom stereocenters. The minimum atomic E-state index is 0.0712. The van der Waals surface area contributed by atoms with E-state index in [0.29, 0.717) is 5.92 Å².